The fraction of sp³-hybridized carbons (Fsp3) is 0.545. The summed E-state index contributed by atoms with van der Waals surface area (Å²) in [5.74, 6) is -1.20. The quantitative estimate of drug-likeness (QED) is 0.928. The zero-order chi connectivity index (χ0) is 14.8. The highest BCUT2D eigenvalue weighted by atomic mass is 35.5. The number of carbonyl (C=O) groups excluding carboxylic acids is 1. The monoisotopic (exact) mass is 306 g/mol. The van der Waals surface area contributed by atoms with Crippen molar-refractivity contribution < 1.29 is 19.4 Å². The number of ether oxygens (including phenoxy) is 1. The van der Waals surface area contributed by atoms with Gasteiger partial charge in [0.25, 0.3) is 0 Å². The average Bonchev–Trinajstić information content (AvgIpc) is 2.61. The van der Waals surface area contributed by atoms with Crippen molar-refractivity contribution in [3.8, 4) is 0 Å². The lowest BCUT2D eigenvalue weighted by atomic mass is 10.2. The minimum Gasteiger partial charge on any atom is -0.479 e. The summed E-state index contributed by atoms with van der Waals surface area (Å²) in [6.45, 7) is 5.11. The van der Waals surface area contributed by atoms with E-state index in [0.717, 1.165) is 16.2 Å². The highest BCUT2D eigenvalue weighted by molar-refractivity contribution is 7.16. The number of carboxylic acid groups (broad SMARTS) is 1. The van der Waals surface area contributed by atoms with Gasteiger partial charge in [-0.25, -0.2) is 14.6 Å². The predicted molar refractivity (Wildman–Crippen MR) is 71.5 cm³/mol. The van der Waals surface area contributed by atoms with Gasteiger partial charge in [0.1, 0.15) is 14.9 Å². The lowest BCUT2D eigenvalue weighted by Gasteiger charge is -2.27. The molecule has 0 spiro atoms. The molecule has 6 nitrogen and oxygen atoms in total. The largest absolute Gasteiger partial charge is 0.479 e. The maximum absolute atomic E-state index is 11.9. The van der Waals surface area contributed by atoms with Gasteiger partial charge in [0, 0.05) is 7.05 Å². The van der Waals surface area contributed by atoms with Crippen LogP contribution in [0.2, 0.25) is 4.34 Å². The van der Waals surface area contributed by atoms with Crippen LogP contribution in [0.3, 0.4) is 0 Å². The molecule has 0 radical (unpaired) electrons. The van der Waals surface area contributed by atoms with E-state index in [-0.39, 0.29) is 5.01 Å². The topological polar surface area (TPSA) is 79.7 Å². The van der Waals surface area contributed by atoms with Crippen molar-refractivity contribution in [3.05, 3.63) is 15.5 Å². The Kier molecular flexibility index (Phi) is 4.75. The Morgan fingerprint density at radius 3 is 2.47 bits per heavy atom. The van der Waals surface area contributed by atoms with Crippen LogP contribution in [0.25, 0.3) is 0 Å². The molecule has 1 rings (SSSR count). The third-order valence-corrected chi connectivity index (χ3v) is 3.20. The first-order chi connectivity index (χ1) is 8.61. The van der Waals surface area contributed by atoms with Gasteiger partial charge in [-0.2, -0.15) is 0 Å². The molecular weight excluding hydrogens is 292 g/mol. The number of carbonyl (C=O) groups is 2. The second kappa shape index (κ2) is 5.75. The maximum atomic E-state index is 11.9. The molecule has 1 atom stereocenters. The summed E-state index contributed by atoms with van der Waals surface area (Å²) in [4.78, 5) is 28.0. The van der Waals surface area contributed by atoms with Gasteiger partial charge in [-0.3, -0.25) is 4.90 Å². The normalized spacial score (nSPS) is 12.9. The van der Waals surface area contributed by atoms with Crippen LogP contribution in [0.15, 0.2) is 6.20 Å². The second-order valence-electron chi connectivity index (χ2n) is 4.83. The van der Waals surface area contributed by atoms with Crippen LogP contribution in [0.1, 0.15) is 31.8 Å². The van der Waals surface area contributed by atoms with Crippen LogP contribution in [-0.2, 0) is 9.53 Å². The number of hydrogen-bond donors (Lipinski definition) is 1. The zero-order valence-corrected chi connectivity index (χ0v) is 12.6. The summed E-state index contributed by atoms with van der Waals surface area (Å²) < 4.78 is 5.49. The maximum Gasteiger partial charge on any atom is 0.411 e. The number of nitrogens with zero attached hydrogens (tertiary/aromatic N) is 2. The van der Waals surface area contributed by atoms with E-state index in [4.69, 9.17) is 16.3 Å². The van der Waals surface area contributed by atoms with Gasteiger partial charge < -0.3 is 9.84 Å². The smallest absolute Gasteiger partial charge is 0.411 e. The second-order valence-corrected chi connectivity index (χ2v) is 6.53. The third-order valence-electron chi connectivity index (χ3n) is 2.03. The minimum atomic E-state index is -1.22. The molecule has 0 bridgehead atoms. The minimum absolute atomic E-state index is 0.228. The summed E-state index contributed by atoms with van der Waals surface area (Å²) in [6, 6.07) is -1.22. The molecule has 1 heterocycles. The summed E-state index contributed by atoms with van der Waals surface area (Å²) in [5.41, 5.74) is -0.699. The summed E-state index contributed by atoms with van der Waals surface area (Å²) in [6.07, 6.45) is 0.617. The Labute approximate surface area is 120 Å². The lowest BCUT2D eigenvalue weighted by Crippen LogP contribution is -2.39. The van der Waals surface area contributed by atoms with E-state index in [1.807, 2.05) is 0 Å². The Balaban J connectivity index is 2.94. The van der Waals surface area contributed by atoms with Crippen molar-refractivity contribution in [2.75, 3.05) is 7.05 Å². The van der Waals surface area contributed by atoms with Crippen molar-refractivity contribution in [1.29, 1.82) is 0 Å². The van der Waals surface area contributed by atoms with Crippen LogP contribution in [0, 0.1) is 0 Å². The number of hydrogen-bond acceptors (Lipinski definition) is 5. The lowest BCUT2D eigenvalue weighted by molar-refractivity contribution is -0.142. The predicted octanol–water partition coefficient (Wildman–Crippen LogP) is 2.79. The number of rotatable bonds is 3. The molecule has 0 aliphatic carbocycles. The van der Waals surface area contributed by atoms with E-state index in [1.54, 1.807) is 20.8 Å². The van der Waals surface area contributed by atoms with Crippen molar-refractivity contribution >= 4 is 35.0 Å². The molecule has 0 saturated carbocycles. The fourth-order valence-corrected chi connectivity index (χ4v) is 2.34. The Morgan fingerprint density at radius 2 is 2.11 bits per heavy atom. The molecule has 0 fully saturated rings. The van der Waals surface area contributed by atoms with Crippen LogP contribution >= 0.6 is 22.9 Å². The van der Waals surface area contributed by atoms with Crippen LogP contribution < -0.4 is 0 Å². The highest BCUT2D eigenvalue weighted by Crippen LogP contribution is 2.28. The first-order valence-electron chi connectivity index (χ1n) is 5.41. The first kappa shape index (κ1) is 15.7. The molecule has 106 valence electrons. The molecule has 8 heteroatoms. The van der Waals surface area contributed by atoms with Crippen molar-refractivity contribution in [2.24, 2.45) is 0 Å². The van der Waals surface area contributed by atoms with Gasteiger partial charge in [-0.1, -0.05) is 11.6 Å². The molecule has 1 N–H and O–H groups in total. The van der Waals surface area contributed by atoms with Crippen LogP contribution in [0.4, 0.5) is 4.79 Å². The average molecular weight is 307 g/mol. The Morgan fingerprint density at radius 1 is 1.53 bits per heavy atom. The molecule has 0 saturated heterocycles. The Bertz CT molecular complexity index is 483. The van der Waals surface area contributed by atoms with Gasteiger partial charge >= 0.3 is 12.1 Å². The SMILES string of the molecule is CN(C(=O)OC(C)(C)C)C(C(=O)O)c1ncc(Cl)s1. The fourth-order valence-electron chi connectivity index (χ4n) is 1.27. The van der Waals surface area contributed by atoms with E-state index in [0.29, 0.717) is 4.34 Å². The van der Waals surface area contributed by atoms with E-state index >= 15 is 0 Å². The summed E-state index contributed by atoms with van der Waals surface area (Å²) in [7, 11) is 1.35. The van der Waals surface area contributed by atoms with Crippen LogP contribution in [0.5, 0.6) is 0 Å². The molecule has 1 aromatic heterocycles. The number of carboxylic acids is 1. The molecule has 1 unspecified atom stereocenters. The van der Waals surface area contributed by atoms with Gasteiger partial charge in [0.2, 0.25) is 0 Å². The number of amides is 1. The summed E-state index contributed by atoms with van der Waals surface area (Å²) in [5, 5.41) is 9.46. The van der Waals surface area contributed by atoms with Gasteiger partial charge in [-0.05, 0) is 20.8 Å². The number of thiazole rings is 1. The van der Waals surface area contributed by atoms with E-state index < -0.39 is 23.7 Å². The number of likely N-dealkylation sites (N-methyl/N-ethyl adjacent to an activating group) is 1. The molecule has 1 amide bonds. The number of aromatic nitrogens is 1. The van der Waals surface area contributed by atoms with Gasteiger partial charge in [0.15, 0.2) is 6.04 Å². The van der Waals surface area contributed by atoms with Gasteiger partial charge in [-0.15, -0.1) is 11.3 Å². The third kappa shape index (κ3) is 4.36. The summed E-state index contributed by atoms with van der Waals surface area (Å²) >= 11 is 6.74. The van der Waals surface area contributed by atoms with Crippen molar-refractivity contribution in [1.82, 2.24) is 9.88 Å². The van der Waals surface area contributed by atoms with Crippen LogP contribution in [-0.4, -0.2) is 39.7 Å². The number of aliphatic carboxylic acids is 1. The highest BCUT2D eigenvalue weighted by Gasteiger charge is 2.33. The Hall–Kier alpha value is -1.34. The molecular formula is C11H15ClN2O4S. The van der Waals surface area contributed by atoms with Gasteiger partial charge in [0.05, 0.1) is 6.20 Å². The molecule has 0 aliphatic rings. The van der Waals surface area contributed by atoms with Crippen molar-refractivity contribution in [3.63, 3.8) is 0 Å². The molecule has 19 heavy (non-hydrogen) atoms. The standard InChI is InChI=1S/C11H15ClN2O4S/c1-11(2,3)18-10(17)14(4)7(9(15)16)8-13-5-6(12)19-8/h5,7H,1-4H3,(H,15,16). The van der Waals surface area contributed by atoms with E-state index in [1.165, 1.54) is 13.2 Å². The zero-order valence-electron chi connectivity index (χ0n) is 11.0. The van der Waals surface area contributed by atoms with E-state index in [2.05, 4.69) is 4.98 Å². The first-order valence-corrected chi connectivity index (χ1v) is 6.61. The molecule has 0 aliphatic heterocycles. The number of halogens is 1. The molecule has 0 aromatic carbocycles. The van der Waals surface area contributed by atoms with Crippen molar-refractivity contribution in [2.45, 2.75) is 32.4 Å². The molecule has 1 aromatic rings. The van der Waals surface area contributed by atoms with E-state index in [9.17, 15) is 14.7 Å².